The smallest absolute Gasteiger partial charge is 0.307 e. The number of carbonyl (C=O) groups is 1. The van der Waals surface area contributed by atoms with Crippen LogP contribution in [0.4, 0.5) is 0 Å². The molecule has 0 atom stereocenters. The van der Waals surface area contributed by atoms with E-state index < -0.39 is 16.0 Å². The van der Waals surface area contributed by atoms with Crippen LogP contribution in [0.3, 0.4) is 0 Å². The van der Waals surface area contributed by atoms with Gasteiger partial charge in [-0.05, 0) is 36.6 Å². The number of fused-ring (bicyclic) bond motifs is 3. The molecule has 0 aliphatic heterocycles. The van der Waals surface area contributed by atoms with E-state index in [9.17, 15) is 18.0 Å². The Balaban J connectivity index is 1.88. The van der Waals surface area contributed by atoms with Gasteiger partial charge in [0.05, 0.1) is 11.3 Å². The lowest BCUT2D eigenvalue weighted by molar-refractivity contribution is -0.136. The lowest BCUT2D eigenvalue weighted by Crippen LogP contribution is -2.32. The number of aromatic amines is 2. The molecule has 1 aromatic carbocycles. The van der Waals surface area contributed by atoms with E-state index in [1.165, 1.54) is 24.4 Å². The van der Waals surface area contributed by atoms with E-state index in [-0.39, 0.29) is 28.4 Å². The number of rotatable bonds is 5. The molecule has 4 N–H and O–H groups in total. The zero-order valence-electron chi connectivity index (χ0n) is 14.4. The van der Waals surface area contributed by atoms with Crippen molar-refractivity contribution in [2.45, 2.75) is 43.0 Å². The van der Waals surface area contributed by atoms with Gasteiger partial charge in [-0.1, -0.05) is 12.8 Å². The number of benzene rings is 1. The number of nitrogens with one attached hydrogen (secondary N) is 3. The first-order valence-corrected chi connectivity index (χ1v) is 10.2. The molecule has 142 valence electrons. The summed E-state index contributed by atoms with van der Waals surface area (Å²) in [7, 11) is -3.70. The summed E-state index contributed by atoms with van der Waals surface area (Å²) in [5, 5.41) is 10.1. The summed E-state index contributed by atoms with van der Waals surface area (Å²) < 4.78 is 28.2. The molecule has 3 aromatic rings. The van der Waals surface area contributed by atoms with Gasteiger partial charge in [0, 0.05) is 28.5 Å². The van der Waals surface area contributed by atoms with Gasteiger partial charge in [-0.25, -0.2) is 13.1 Å². The Morgan fingerprint density at radius 2 is 2.00 bits per heavy atom. The van der Waals surface area contributed by atoms with Gasteiger partial charge in [0.2, 0.25) is 10.0 Å². The summed E-state index contributed by atoms with van der Waals surface area (Å²) in [6.45, 7) is 0. The standard InChI is InChI=1S/C18H19N3O5S/c22-15(23)7-10-9-19-17-16(10)13-8-12(5-6-14(13)20-18(17)24)27(25,26)21-11-3-1-2-4-11/h5-6,8-9,11,19,21H,1-4,7H2,(H,20,24)(H,22,23). The molecule has 0 spiro atoms. The average Bonchev–Trinajstić information content (AvgIpc) is 3.24. The first-order valence-electron chi connectivity index (χ1n) is 8.75. The van der Waals surface area contributed by atoms with Gasteiger partial charge in [0.15, 0.2) is 0 Å². The molecule has 1 aliphatic carbocycles. The van der Waals surface area contributed by atoms with Crippen LogP contribution in [0.1, 0.15) is 31.2 Å². The van der Waals surface area contributed by atoms with Crippen molar-refractivity contribution in [3.63, 3.8) is 0 Å². The van der Waals surface area contributed by atoms with Crippen molar-refractivity contribution in [1.82, 2.24) is 14.7 Å². The number of H-pyrrole nitrogens is 2. The van der Waals surface area contributed by atoms with Gasteiger partial charge in [0.25, 0.3) is 5.56 Å². The zero-order chi connectivity index (χ0) is 19.2. The Hall–Kier alpha value is -2.65. The predicted molar refractivity (Wildman–Crippen MR) is 100 cm³/mol. The maximum absolute atomic E-state index is 12.8. The second kappa shape index (κ2) is 6.50. The number of aliphatic carboxylic acids is 1. The van der Waals surface area contributed by atoms with Gasteiger partial charge in [-0.2, -0.15) is 0 Å². The molecule has 0 unspecified atom stereocenters. The van der Waals surface area contributed by atoms with E-state index in [1.54, 1.807) is 0 Å². The SMILES string of the molecule is O=C(O)Cc1c[nH]c2c(=O)[nH]c3ccc(S(=O)(=O)NC4CCCC4)cc3c12. The number of hydrogen-bond acceptors (Lipinski definition) is 4. The minimum absolute atomic E-state index is 0.0591. The topological polar surface area (TPSA) is 132 Å². The number of carboxylic acid groups (broad SMARTS) is 1. The minimum Gasteiger partial charge on any atom is -0.481 e. The normalized spacial score (nSPS) is 15.7. The molecule has 0 bridgehead atoms. The van der Waals surface area contributed by atoms with Gasteiger partial charge >= 0.3 is 5.97 Å². The van der Waals surface area contributed by atoms with Crippen LogP contribution in [-0.4, -0.2) is 35.5 Å². The van der Waals surface area contributed by atoms with E-state index >= 15 is 0 Å². The van der Waals surface area contributed by atoms with Crippen molar-refractivity contribution >= 4 is 37.8 Å². The van der Waals surface area contributed by atoms with Crippen LogP contribution in [-0.2, 0) is 21.2 Å². The highest BCUT2D eigenvalue weighted by atomic mass is 32.2. The van der Waals surface area contributed by atoms with E-state index in [0.29, 0.717) is 21.9 Å². The summed E-state index contributed by atoms with van der Waals surface area (Å²) in [4.78, 5) is 29.0. The Labute approximate surface area is 154 Å². The number of aromatic nitrogens is 2. The van der Waals surface area contributed by atoms with Crippen molar-refractivity contribution in [2.24, 2.45) is 0 Å². The highest BCUT2D eigenvalue weighted by Crippen LogP contribution is 2.28. The fourth-order valence-electron chi connectivity index (χ4n) is 3.78. The van der Waals surface area contributed by atoms with Crippen LogP contribution in [0.15, 0.2) is 34.1 Å². The summed E-state index contributed by atoms with van der Waals surface area (Å²) in [5.41, 5.74) is 0.747. The largest absolute Gasteiger partial charge is 0.481 e. The molecule has 4 rings (SSSR count). The van der Waals surface area contributed by atoms with E-state index in [0.717, 1.165) is 25.7 Å². The lowest BCUT2D eigenvalue weighted by atomic mass is 10.1. The van der Waals surface area contributed by atoms with Crippen LogP contribution >= 0.6 is 0 Å². The van der Waals surface area contributed by atoms with Crippen LogP contribution < -0.4 is 10.3 Å². The highest BCUT2D eigenvalue weighted by molar-refractivity contribution is 7.89. The second-order valence-electron chi connectivity index (χ2n) is 6.90. The van der Waals surface area contributed by atoms with Crippen LogP contribution in [0.25, 0.3) is 21.8 Å². The summed E-state index contributed by atoms with van der Waals surface area (Å²) in [5.74, 6) is -1.03. The predicted octanol–water partition coefficient (Wildman–Crippen LogP) is 1.86. The Morgan fingerprint density at radius 1 is 1.26 bits per heavy atom. The molecule has 8 nitrogen and oxygen atoms in total. The Morgan fingerprint density at radius 3 is 2.70 bits per heavy atom. The molecule has 1 aliphatic rings. The van der Waals surface area contributed by atoms with Crippen molar-refractivity contribution in [2.75, 3.05) is 0 Å². The maximum atomic E-state index is 12.8. The quantitative estimate of drug-likeness (QED) is 0.529. The van der Waals surface area contributed by atoms with Gasteiger partial charge in [-0.3, -0.25) is 9.59 Å². The van der Waals surface area contributed by atoms with Crippen LogP contribution in [0, 0.1) is 0 Å². The minimum atomic E-state index is -3.70. The second-order valence-corrected chi connectivity index (χ2v) is 8.61. The Bertz CT molecular complexity index is 1200. The number of hydrogen-bond donors (Lipinski definition) is 4. The molecule has 2 heterocycles. The molecule has 27 heavy (non-hydrogen) atoms. The number of sulfonamides is 1. The summed E-state index contributed by atoms with van der Waals surface area (Å²) >= 11 is 0. The third kappa shape index (κ3) is 3.24. The Kier molecular flexibility index (Phi) is 4.27. The van der Waals surface area contributed by atoms with Gasteiger partial charge in [0.1, 0.15) is 5.52 Å². The molecule has 0 radical (unpaired) electrons. The molecule has 0 amide bonds. The number of carboxylic acids is 1. The molecule has 1 saturated carbocycles. The van der Waals surface area contributed by atoms with E-state index in [1.807, 2.05) is 0 Å². The lowest BCUT2D eigenvalue weighted by Gasteiger charge is -2.13. The molecule has 2 aromatic heterocycles. The maximum Gasteiger partial charge on any atom is 0.307 e. The summed E-state index contributed by atoms with van der Waals surface area (Å²) in [6.07, 6.45) is 4.88. The first-order chi connectivity index (χ1) is 12.8. The van der Waals surface area contributed by atoms with Crippen molar-refractivity contribution < 1.29 is 18.3 Å². The highest BCUT2D eigenvalue weighted by Gasteiger charge is 2.24. The average molecular weight is 389 g/mol. The molecule has 0 saturated heterocycles. The third-order valence-corrected chi connectivity index (χ3v) is 6.54. The van der Waals surface area contributed by atoms with Crippen molar-refractivity contribution in [3.8, 4) is 0 Å². The fourth-order valence-corrected chi connectivity index (χ4v) is 5.11. The monoisotopic (exact) mass is 389 g/mol. The summed E-state index contributed by atoms with van der Waals surface area (Å²) in [6, 6.07) is 4.42. The molecular weight excluding hydrogens is 370 g/mol. The number of pyridine rings is 1. The molecule has 1 fully saturated rings. The zero-order valence-corrected chi connectivity index (χ0v) is 15.2. The van der Waals surface area contributed by atoms with E-state index in [2.05, 4.69) is 14.7 Å². The van der Waals surface area contributed by atoms with Crippen molar-refractivity contribution in [3.05, 3.63) is 40.3 Å². The fraction of sp³-hybridized carbons (Fsp3) is 0.333. The molecule has 9 heteroatoms. The first kappa shape index (κ1) is 17.7. The van der Waals surface area contributed by atoms with E-state index in [4.69, 9.17) is 5.11 Å². The van der Waals surface area contributed by atoms with Crippen LogP contribution in [0.5, 0.6) is 0 Å². The van der Waals surface area contributed by atoms with Gasteiger partial charge in [-0.15, -0.1) is 0 Å². The van der Waals surface area contributed by atoms with Gasteiger partial charge < -0.3 is 15.1 Å². The molecular formula is C18H19N3O5S. The van der Waals surface area contributed by atoms with Crippen LogP contribution in [0.2, 0.25) is 0 Å². The third-order valence-electron chi connectivity index (χ3n) is 5.03. The van der Waals surface area contributed by atoms with Crippen molar-refractivity contribution in [1.29, 1.82) is 0 Å².